The Hall–Kier alpha value is -2.21. The average Bonchev–Trinajstić information content (AvgIpc) is 2.41. The summed E-state index contributed by atoms with van der Waals surface area (Å²) in [4.78, 5) is 10.5. The van der Waals surface area contributed by atoms with Gasteiger partial charge in [-0.3, -0.25) is 0 Å². The van der Waals surface area contributed by atoms with E-state index >= 15 is 0 Å². The van der Waals surface area contributed by atoms with Gasteiger partial charge in [-0.1, -0.05) is 0 Å². The van der Waals surface area contributed by atoms with Gasteiger partial charge in [-0.25, -0.2) is 20.2 Å². The summed E-state index contributed by atoms with van der Waals surface area (Å²) in [5.74, 6) is 7.09. The zero-order chi connectivity index (χ0) is 14.0. The largest absolute Gasteiger partial charge is 0.329 e. The van der Waals surface area contributed by atoms with E-state index in [-0.39, 0.29) is 5.82 Å². The first kappa shape index (κ1) is 13.2. The first-order chi connectivity index (χ1) is 9.02. The molecule has 1 aromatic heterocycles. The SMILES string of the molecule is Cc1nc(NN)c(C)c(N(C)c2ccc(F)cc2)n1. The Kier molecular flexibility index (Phi) is 3.62. The Balaban J connectivity index is 2.46. The number of aryl methyl sites for hydroxylation is 1. The molecule has 0 saturated carbocycles. The number of hydrogen-bond acceptors (Lipinski definition) is 5. The number of rotatable bonds is 3. The molecule has 0 aliphatic heterocycles. The molecule has 0 bridgehead atoms. The minimum Gasteiger partial charge on any atom is -0.329 e. The van der Waals surface area contributed by atoms with Crippen LogP contribution in [0.2, 0.25) is 0 Å². The molecule has 2 aromatic rings. The highest BCUT2D eigenvalue weighted by Crippen LogP contribution is 2.28. The number of anilines is 3. The molecule has 0 aliphatic rings. The predicted molar refractivity (Wildman–Crippen MR) is 73.8 cm³/mol. The molecule has 0 amide bonds. The molecule has 5 nitrogen and oxygen atoms in total. The molecule has 3 N–H and O–H groups in total. The first-order valence-corrected chi connectivity index (χ1v) is 5.84. The fourth-order valence-corrected chi connectivity index (χ4v) is 1.87. The molecule has 2 rings (SSSR count). The van der Waals surface area contributed by atoms with Gasteiger partial charge in [0, 0.05) is 18.3 Å². The Labute approximate surface area is 111 Å². The van der Waals surface area contributed by atoms with Gasteiger partial charge in [0.1, 0.15) is 23.3 Å². The van der Waals surface area contributed by atoms with Gasteiger partial charge in [0.2, 0.25) is 0 Å². The highest BCUT2D eigenvalue weighted by Gasteiger charge is 2.13. The van der Waals surface area contributed by atoms with E-state index in [2.05, 4.69) is 15.4 Å². The number of halogens is 1. The quantitative estimate of drug-likeness (QED) is 0.655. The highest BCUT2D eigenvalue weighted by molar-refractivity contribution is 5.66. The standard InChI is InChI=1S/C13H16FN5/c1-8-12(18-15)16-9(2)17-13(8)19(3)11-6-4-10(14)5-7-11/h4-7H,15H2,1-3H3,(H,16,17,18). The number of nitrogen functional groups attached to an aromatic ring is 1. The summed E-state index contributed by atoms with van der Waals surface area (Å²) in [6.45, 7) is 3.67. The Morgan fingerprint density at radius 1 is 1.16 bits per heavy atom. The van der Waals surface area contributed by atoms with Crippen molar-refractivity contribution in [3.63, 3.8) is 0 Å². The third-order valence-electron chi connectivity index (χ3n) is 2.90. The summed E-state index contributed by atoms with van der Waals surface area (Å²) in [7, 11) is 1.86. The van der Waals surface area contributed by atoms with Gasteiger partial charge in [-0.05, 0) is 38.1 Å². The van der Waals surface area contributed by atoms with E-state index in [1.165, 1.54) is 12.1 Å². The molecule has 0 saturated heterocycles. The van der Waals surface area contributed by atoms with Crippen molar-refractivity contribution >= 4 is 17.3 Å². The number of benzene rings is 1. The molecule has 0 fully saturated rings. The van der Waals surface area contributed by atoms with E-state index < -0.39 is 0 Å². The summed E-state index contributed by atoms with van der Waals surface area (Å²) < 4.78 is 12.9. The van der Waals surface area contributed by atoms with Crippen molar-refractivity contribution in [2.45, 2.75) is 13.8 Å². The Bertz CT molecular complexity index is 582. The normalized spacial score (nSPS) is 10.4. The van der Waals surface area contributed by atoms with Crippen LogP contribution >= 0.6 is 0 Å². The number of nitrogens with one attached hydrogen (secondary N) is 1. The van der Waals surface area contributed by atoms with Gasteiger partial charge < -0.3 is 10.3 Å². The molecular weight excluding hydrogens is 245 g/mol. The fraction of sp³-hybridized carbons (Fsp3) is 0.231. The summed E-state index contributed by atoms with van der Waals surface area (Å²) in [5, 5.41) is 0. The van der Waals surface area contributed by atoms with Gasteiger partial charge in [-0.15, -0.1) is 0 Å². The van der Waals surface area contributed by atoms with Crippen molar-refractivity contribution in [2.24, 2.45) is 5.84 Å². The molecule has 1 heterocycles. The fourth-order valence-electron chi connectivity index (χ4n) is 1.87. The van der Waals surface area contributed by atoms with Gasteiger partial charge >= 0.3 is 0 Å². The van der Waals surface area contributed by atoms with Crippen molar-refractivity contribution < 1.29 is 4.39 Å². The highest BCUT2D eigenvalue weighted by atomic mass is 19.1. The van der Waals surface area contributed by atoms with Crippen molar-refractivity contribution in [3.8, 4) is 0 Å². The second-order valence-corrected chi connectivity index (χ2v) is 4.25. The van der Waals surface area contributed by atoms with Crippen LogP contribution in [0.5, 0.6) is 0 Å². The lowest BCUT2D eigenvalue weighted by Gasteiger charge is -2.21. The molecule has 0 atom stereocenters. The smallest absolute Gasteiger partial charge is 0.148 e. The van der Waals surface area contributed by atoms with Crippen LogP contribution in [0, 0.1) is 19.7 Å². The molecule has 1 aromatic carbocycles. The zero-order valence-corrected chi connectivity index (χ0v) is 11.1. The molecule has 100 valence electrons. The van der Waals surface area contributed by atoms with Crippen LogP contribution in [0.1, 0.15) is 11.4 Å². The Morgan fingerprint density at radius 2 is 1.79 bits per heavy atom. The lowest BCUT2D eigenvalue weighted by Crippen LogP contribution is -2.18. The maximum Gasteiger partial charge on any atom is 0.148 e. The van der Waals surface area contributed by atoms with E-state index in [1.807, 2.05) is 18.9 Å². The zero-order valence-electron chi connectivity index (χ0n) is 11.1. The van der Waals surface area contributed by atoms with E-state index in [4.69, 9.17) is 5.84 Å². The second-order valence-electron chi connectivity index (χ2n) is 4.25. The molecule has 0 unspecified atom stereocenters. The van der Waals surface area contributed by atoms with Gasteiger partial charge in [-0.2, -0.15) is 0 Å². The third kappa shape index (κ3) is 2.63. The van der Waals surface area contributed by atoms with Crippen LogP contribution in [0.25, 0.3) is 0 Å². The monoisotopic (exact) mass is 261 g/mol. The van der Waals surface area contributed by atoms with Gasteiger partial charge in [0.15, 0.2) is 0 Å². The maximum atomic E-state index is 12.9. The number of nitrogens with zero attached hydrogens (tertiary/aromatic N) is 3. The van der Waals surface area contributed by atoms with Crippen molar-refractivity contribution in [2.75, 3.05) is 17.4 Å². The molecule has 0 spiro atoms. The van der Waals surface area contributed by atoms with Crippen LogP contribution in [-0.4, -0.2) is 17.0 Å². The summed E-state index contributed by atoms with van der Waals surface area (Å²) in [6, 6.07) is 6.22. The lowest BCUT2D eigenvalue weighted by molar-refractivity contribution is 0.628. The number of nitrogens with two attached hydrogens (primary N) is 1. The molecule has 19 heavy (non-hydrogen) atoms. The van der Waals surface area contributed by atoms with Gasteiger partial charge in [0.05, 0.1) is 0 Å². The van der Waals surface area contributed by atoms with Crippen LogP contribution in [0.3, 0.4) is 0 Å². The van der Waals surface area contributed by atoms with Crippen molar-refractivity contribution in [1.82, 2.24) is 9.97 Å². The van der Waals surface area contributed by atoms with Crippen molar-refractivity contribution in [3.05, 3.63) is 41.5 Å². The van der Waals surface area contributed by atoms with Crippen LogP contribution in [0.15, 0.2) is 24.3 Å². The number of hydrazine groups is 1. The van der Waals surface area contributed by atoms with E-state index in [0.717, 1.165) is 17.1 Å². The van der Waals surface area contributed by atoms with E-state index in [9.17, 15) is 4.39 Å². The number of aromatic nitrogens is 2. The summed E-state index contributed by atoms with van der Waals surface area (Å²) in [5.41, 5.74) is 4.23. The minimum absolute atomic E-state index is 0.267. The van der Waals surface area contributed by atoms with Crippen LogP contribution in [-0.2, 0) is 0 Å². The molecular formula is C13H16FN5. The molecule has 0 aliphatic carbocycles. The maximum absolute atomic E-state index is 12.9. The van der Waals surface area contributed by atoms with Crippen LogP contribution in [0.4, 0.5) is 21.7 Å². The number of hydrogen-bond donors (Lipinski definition) is 2. The third-order valence-corrected chi connectivity index (χ3v) is 2.90. The first-order valence-electron chi connectivity index (χ1n) is 5.84. The van der Waals surface area contributed by atoms with Crippen LogP contribution < -0.4 is 16.2 Å². The molecule has 6 heteroatoms. The topological polar surface area (TPSA) is 67.1 Å². The lowest BCUT2D eigenvalue weighted by atomic mass is 10.2. The second kappa shape index (κ2) is 5.19. The summed E-state index contributed by atoms with van der Waals surface area (Å²) in [6.07, 6.45) is 0. The van der Waals surface area contributed by atoms with Crippen molar-refractivity contribution in [1.29, 1.82) is 0 Å². The average molecular weight is 261 g/mol. The molecule has 0 radical (unpaired) electrons. The summed E-state index contributed by atoms with van der Waals surface area (Å²) >= 11 is 0. The minimum atomic E-state index is -0.267. The van der Waals surface area contributed by atoms with E-state index in [0.29, 0.717) is 11.6 Å². The predicted octanol–water partition coefficient (Wildman–Crippen LogP) is 2.29. The Morgan fingerprint density at radius 3 is 2.37 bits per heavy atom. The van der Waals surface area contributed by atoms with E-state index in [1.54, 1.807) is 19.1 Å². The van der Waals surface area contributed by atoms with Gasteiger partial charge in [0.25, 0.3) is 0 Å².